The summed E-state index contributed by atoms with van der Waals surface area (Å²) in [4.78, 5) is 10.5. The summed E-state index contributed by atoms with van der Waals surface area (Å²) in [5.74, 6) is 0.695. The molecule has 10 rings (SSSR count). The zero-order chi connectivity index (χ0) is 33.7. The summed E-state index contributed by atoms with van der Waals surface area (Å²) in [6.07, 6.45) is 0. The van der Waals surface area contributed by atoms with Crippen LogP contribution in [0.3, 0.4) is 0 Å². The Kier molecular flexibility index (Phi) is 6.81. The van der Waals surface area contributed by atoms with E-state index in [1.165, 1.54) is 10.9 Å². The molecular formula is C48H30N2O. The van der Waals surface area contributed by atoms with Crippen molar-refractivity contribution in [3.63, 3.8) is 0 Å². The molecule has 51 heavy (non-hydrogen) atoms. The molecule has 0 spiro atoms. The van der Waals surface area contributed by atoms with Gasteiger partial charge >= 0.3 is 0 Å². The van der Waals surface area contributed by atoms with E-state index in [1.54, 1.807) is 0 Å². The Hall–Kier alpha value is -6.84. The van der Waals surface area contributed by atoms with Crippen molar-refractivity contribution in [2.45, 2.75) is 0 Å². The predicted octanol–water partition coefficient (Wildman–Crippen LogP) is 13.0. The van der Waals surface area contributed by atoms with E-state index in [2.05, 4.69) is 152 Å². The number of hydrogen-bond acceptors (Lipinski definition) is 3. The number of fused-ring (bicyclic) bond motifs is 5. The lowest BCUT2D eigenvalue weighted by molar-refractivity contribution is 0.669. The summed E-state index contributed by atoms with van der Waals surface area (Å²) in [7, 11) is 0. The van der Waals surface area contributed by atoms with Crippen LogP contribution < -0.4 is 0 Å². The maximum Gasteiger partial charge on any atom is 0.160 e. The molecular weight excluding hydrogens is 621 g/mol. The van der Waals surface area contributed by atoms with Gasteiger partial charge in [0.1, 0.15) is 11.2 Å². The van der Waals surface area contributed by atoms with Crippen molar-refractivity contribution in [3.05, 3.63) is 182 Å². The van der Waals surface area contributed by atoms with Crippen LogP contribution in [0.15, 0.2) is 186 Å². The summed E-state index contributed by atoms with van der Waals surface area (Å²) in [5, 5.41) is 6.87. The summed E-state index contributed by atoms with van der Waals surface area (Å²) < 4.78 is 6.28. The Morgan fingerprint density at radius 2 is 0.902 bits per heavy atom. The SMILES string of the molecule is c1ccc(-c2cc(-c3cc(-c4ccc(-c5ccc6c(c5)oc5ccccc56)c5ccccc45)nc(-c4ccccc4)n3)c3ccccc3c2)cc1. The van der Waals surface area contributed by atoms with Gasteiger partial charge in [0.15, 0.2) is 5.82 Å². The third-order valence-electron chi connectivity index (χ3n) is 9.89. The minimum atomic E-state index is 0.695. The normalized spacial score (nSPS) is 11.5. The molecule has 0 saturated heterocycles. The van der Waals surface area contributed by atoms with E-state index >= 15 is 0 Å². The minimum absolute atomic E-state index is 0.695. The Morgan fingerprint density at radius 3 is 1.69 bits per heavy atom. The van der Waals surface area contributed by atoms with Crippen LogP contribution in [0.4, 0.5) is 0 Å². The molecule has 0 amide bonds. The first-order chi connectivity index (χ1) is 25.3. The number of furan rings is 1. The number of hydrogen-bond donors (Lipinski definition) is 0. The van der Waals surface area contributed by atoms with Gasteiger partial charge in [-0.25, -0.2) is 9.97 Å². The van der Waals surface area contributed by atoms with E-state index in [-0.39, 0.29) is 0 Å². The highest BCUT2D eigenvalue weighted by atomic mass is 16.3. The molecule has 3 heteroatoms. The van der Waals surface area contributed by atoms with Crippen molar-refractivity contribution in [2.75, 3.05) is 0 Å². The lowest BCUT2D eigenvalue weighted by Crippen LogP contribution is -1.97. The zero-order valence-electron chi connectivity index (χ0n) is 27.6. The van der Waals surface area contributed by atoms with Gasteiger partial charge in [-0.2, -0.15) is 0 Å². The maximum atomic E-state index is 6.28. The van der Waals surface area contributed by atoms with Gasteiger partial charge in [0.2, 0.25) is 0 Å². The number of nitrogens with zero attached hydrogens (tertiary/aromatic N) is 2. The van der Waals surface area contributed by atoms with Crippen molar-refractivity contribution in [1.82, 2.24) is 9.97 Å². The van der Waals surface area contributed by atoms with Crippen molar-refractivity contribution in [3.8, 4) is 56.2 Å². The fraction of sp³-hybridized carbons (Fsp3) is 0. The van der Waals surface area contributed by atoms with E-state index in [9.17, 15) is 0 Å². The van der Waals surface area contributed by atoms with Gasteiger partial charge in [0.05, 0.1) is 11.4 Å². The summed E-state index contributed by atoms with van der Waals surface area (Å²) in [6, 6.07) is 63.9. The fourth-order valence-electron chi connectivity index (χ4n) is 7.43. The number of benzene rings is 8. The Balaban J connectivity index is 1.19. The monoisotopic (exact) mass is 650 g/mol. The quantitative estimate of drug-likeness (QED) is 0.186. The van der Waals surface area contributed by atoms with Crippen LogP contribution in [0.25, 0.3) is 99.6 Å². The van der Waals surface area contributed by atoms with Gasteiger partial charge in [0.25, 0.3) is 0 Å². The molecule has 0 saturated carbocycles. The summed E-state index contributed by atoms with van der Waals surface area (Å²) >= 11 is 0. The van der Waals surface area contributed by atoms with Crippen LogP contribution in [0, 0.1) is 0 Å². The van der Waals surface area contributed by atoms with E-state index in [1.807, 2.05) is 30.3 Å². The summed E-state index contributed by atoms with van der Waals surface area (Å²) in [5.41, 5.74) is 11.3. The lowest BCUT2D eigenvalue weighted by Gasteiger charge is -2.15. The molecule has 0 N–H and O–H groups in total. The summed E-state index contributed by atoms with van der Waals surface area (Å²) in [6.45, 7) is 0. The number of aromatic nitrogens is 2. The molecule has 8 aromatic carbocycles. The second-order valence-corrected chi connectivity index (χ2v) is 13.0. The molecule has 0 aliphatic rings. The molecule has 0 atom stereocenters. The number of rotatable bonds is 5. The van der Waals surface area contributed by atoms with Gasteiger partial charge in [-0.15, -0.1) is 0 Å². The molecule has 2 aromatic heterocycles. The molecule has 3 nitrogen and oxygen atoms in total. The van der Waals surface area contributed by atoms with E-state index < -0.39 is 0 Å². The molecule has 0 aliphatic heterocycles. The average molecular weight is 651 g/mol. The van der Waals surface area contributed by atoms with Crippen LogP contribution in [0.1, 0.15) is 0 Å². The highest BCUT2D eigenvalue weighted by Crippen LogP contribution is 2.40. The highest BCUT2D eigenvalue weighted by Gasteiger charge is 2.17. The third-order valence-corrected chi connectivity index (χ3v) is 9.89. The zero-order valence-corrected chi connectivity index (χ0v) is 27.6. The van der Waals surface area contributed by atoms with Gasteiger partial charge in [-0.1, -0.05) is 146 Å². The van der Waals surface area contributed by atoms with Gasteiger partial charge in [-0.3, -0.25) is 0 Å². The van der Waals surface area contributed by atoms with Gasteiger partial charge in [0, 0.05) is 27.5 Å². The minimum Gasteiger partial charge on any atom is -0.456 e. The molecule has 238 valence electrons. The van der Waals surface area contributed by atoms with Crippen molar-refractivity contribution < 1.29 is 4.42 Å². The second kappa shape index (κ2) is 11.9. The lowest BCUT2D eigenvalue weighted by atomic mass is 9.92. The Morgan fingerprint density at radius 1 is 0.314 bits per heavy atom. The predicted molar refractivity (Wildman–Crippen MR) is 212 cm³/mol. The second-order valence-electron chi connectivity index (χ2n) is 13.0. The van der Waals surface area contributed by atoms with E-state index in [0.717, 1.165) is 82.9 Å². The standard InChI is InChI=1S/C48H30N2O/c1-3-13-31(14-4-1)35-27-33-17-7-8-18-36(33)43(28-35)45-30-44(49-48(50-45)32-15-5-2-6-16-32)40-26-25-37(38-19-9-10-20-39(38)40)34-23-24-42-41-21-11-12-22-46(41)51-47(42)29-34/h1-30H. The molecule has 0 unspecified atom stereocenters. The van der Waals surface area contributed by atoms with Crippen molar-refractivity contribution in [2.24, 2.45) is 0 Å². The van der Waals surface area contributed by atoms with Crippen molar-refractivity contribution >= 4 is 43.5 Å². The topological polar surface area (TPSA) is 38.9 Å². The maximum absolute atomic E-state index is 6.28. The van der Waals surface area contributed by atoms with E-state index in [4.69, 9.17) is 14.4 Å². The average Bonchev–Trinajstić information content (AvgIpc) is 3.58. The van der Waals surface area contributed by atoms with Crippen LogP contribution in [0.2, 0.25) is 0 Å². The molecule has 0 fully saturated rings. The smallest absolute Gasteiger partial charge is 0.160 e. The number of para-hydroxylation sites is 1. The Labute approximate surface area is 295 Å². The molecule has 0 aliphatic carbocycles. The van der Waals surface area contributed by atoms with Gasteiger partial charge in [-0.05, 0) is 80.2 Å². The van der Waals surface area contributed by atoms with Crippen molar-refractivity contribution in [1.29, 1.82) is 0 Å². The molecule has 2 heterocycles. The third kappa shape index (κ3) is 5.06. The van der Waals surface area contributed by atoms with Crippen LogP contribution in [-0.2, 0) is 0 Å². The first-order valence-corrected chi connectivity index (χ1v) is 17.2. The van der Waals surface area contributed by atoms with Crippen LogP contribution >= 0.6 is 0 Å². The molecule has 0 radical (unpaired) electrons. The molecule has 10 aromatic rings. The van der Waals surface area contributed by atoms with E-state index in [0.29, 0.717) is 5.82 Å². The first kappa shape index (κ1) is 29.1. The van der Waals surface area contributed by atoms with Gasteiger partial charge < -0.3 is 4.42 Å². The fourth-order valence-corrected chi connectivity index (χ4v) is 7.43. The van der Waals surface area contributed by atoms with Crippen LogP contribution in [-0.4, -0.2) is 9.97 Å². The molecule has 0 bridgehead atoms. The largest absolute Gasteiger partial charge is 0.456 e. The Bertz CT molecular complexity index is 2910. The highest BCUT2D eigenvalue weighted by molar-refractivity contribution is 6.09. The van der Waals surface area contributed by atoms with Crippen LogP contribution in [0.5, 0.6) is 0 Å². The first-order valence-electron chi connectivity index (χ1n) is 17.2.